The van der Waals surface area contributed by atoms with Crippen LogP contribution in [0.3, 0.4) is 0 Å². The summed E-state index contributed by atoms with van der Waals surface area (Å²) in [5, 5.41) is 24.4. The van der Waals surface area contributed by atoms with Gasteiger partial charge in [0, 0.05) is 62.4 Å². The molecule has 1 fully saturated rings. The number of carboxylic acid groups (broad SMARTS) is 1. The molecule has 0 saturated carbocycles. The molecule has 1 saturated heterocycles. The van der Waals surface area contributed by atoms with Gasteiger partial charge < -0.3 is 34.9 Å². The van der Waals surface area contributed by atoms with Crippen LogP contribution < -0.4 is 19.9 Å². The number of hydrogen-bond donors (Lipinski definition) is 3. The third-order valence-electron chi connectivity index (χ3n) is 7.63. The molecule has 1 aliphatic rings. The van der Waals surface area contributed by atoms with Gasteiger partial charge in [-0.15, -0.1) is 0 Å². The molecule has 0 radical (unpaired) electrons. The summed E-state index contributed by atoms with van der Waals surface area (Å²) in [4.78, 5) is 14.8. The maximum atomic E-state index is 9.15. The summed E-state index contributed by atoms with van der Waals surface area (Å²) < 4.78 is 23.8. The number of benzene rings is 3. The fourth-order valence-electron chi connectivity index (χ4n) is 4.95. The van der Waals surface area contributed by atoms with Crippen molar-refractivity contribution in [3.8, 4) is 34.4 Å². The Morgan fingerprint density at radius 2 is 1.74 bits per heavy atom. The molecule has 0 bridgehead atoms. The minimum absolute atomic E-state index is 0.230. The number of ether oxygens (including phenoxy) is 4. The van der Waals surface area contributed by atoms with E-state index >= 15 is 0 Å². The van der Waals surface area contributed by atoms with Crippen LogP contribution in [0.1, 0.15) is 41.2 Å². The number of aliphatic hydroxyl groups excluding tert-OH is 1. The van der Waals surface area contributed by atoms with Crippen LogP contribution in [0, 0.1) is 18.3 Å². The molecule has 11 nitrogen and oxygen atoms in total. The summed E-state index contributed by atoms with van der Waals surface area (Å²) in [6.45, 7) is 9.88. The maximum absolute atomic E-state index is 9.15. The molecule has 4 N–H and O–H groups in total. The van der Waals surface area contributed by atoms with E-state index in [2.05, 4.69) is 47.1 Å². The monoisotopic (exact) mass is 704 g/mol. The Kier molecular flexibility index (Phi) is 17.6. The van der Waals surface area contributed by atoms with Gasteiger partial charge in [0.15, 0.2) is 0 Å². The van der Waals surface area contributed by atoms with E-state index in [1.807, 2.05) is 25.1 Å². The first kappa shape index (κ1) is 39.7. The zero-order valence-electron chi connectivity index (χ0n) is 28.5. The highest BCUT2D eigenvalue weighted by atomic mass is 35.5. The van der Waals surface area contributed by atoms with Crippen molar-refractivity contribution in [3.63, 3.8) is 0 Å². The van der Waals surface area contributed by atoms with E-state index in [1.54, 1.807) is 24.4 Å². The molecule has 1 aliphatic heterocycles. The lowest BCUT2D eigenvalue weighted by atomic mass is 9.96. The fraction of sp³-hybridized carbons (Fsp3) is 0.342. The average molecular weight is 705 g/mol. The van der Waals surface area contributed by atoms with Gasteiger partial charge in [0.1, 0.15) is 43.1 Å². The lowest BCUT2D eigenvalue weighted by Crippen LogP contribution is -2.38. The van der Waals surface area contributed by atoms with E-state index in [0.717, 1.165) is 78.4 Å². The Morgan fingerprint density at radius 1 is 1.02 bits per heavy atom. The van der Waals surface area contributed by atoms with E-state index in [-0.39, 0.29) is 19.6 Å². The highest BCUT2D eigenvalue weighted by Crippen LogP contribution is 2.35. The SMILES string of the molecule is CCCO.Cc1c(COc2cc(OCc3cncc(C#N)c3)c(CN)cc2Cl)cccc1-c1cccc(OCCN2CCOCC2)c1.O=CO. The second-order valence-electron chi connectivity index (χ2n) is 11.1. The minimum Gasteiger partial charge on any atom is -0.492 e. The van der Waals surface area contributed by atoms with Gasteiger partial charge in [0.05, 0.1) is 23.8 Å². The molecule has 0 amide bonds. The van der Waals surface area contributed by atoms with Crippen molar-refractivity contribution < 1.29 is 34.0 Å². The van der Waals surface area contributed by atoms with Crippen LogP contribution in [0.4, 0.5) is 0 Å². The topological polar surface area (TPSA) is 160 Å². The number of hydrogen-bond acceptors (Lipinski definition) is 10. The molecule has 3 aromatic carbocycles. The van der Waals surface area contributed by atoms with Crippen molar-refractivity contribution >= 4 is 18.1 Å². The Labute approximate surface area is 298 Å². The van der Waals surface area contributed by atoms with Crippen LogP contribution >= 0.6 is 11.6 Å². The van der Waals surface area contributed by atoms with Crippen molar-refractivity contribution in [2.24, 2.45) is 5.73 Å². The highest BCUT2D eigenvalue weighted by Gasteiger charge is 2.14. The standard InChI is InChI=1S/C34H35ClN4O4.C3H8O.CH2O2/c1-24-28(5-3-7-31(24)27-4-2-6-30(15-27)41-13-10-39-8-11-40-12-9-39)23-43-34-17-33(29(19-37)16-32(34)35)42-22-26-14-25(18-36)20-38-21-26;1-2-3-4;2-1-3/h2-7,14-17,20-21H,8-13,19,22-23,37H2,1H3;4H,2-3H2,1H3;1H,(H,2,3). The first-order valence-corrected chi connectivity index (χ1v) is 16.7. The predicted octanol–water partition coefficient (Wildman–Crippen LogP) is 6.00. The van der Waals surface area contributed by atoms with E-state index < -0.39 is 0 Å². The van der Waals surface area contributed by atoms with Gasteiger partial charge in [-0.25, -0.2) is 0 Å². The number of aromatic nitrogens is 1. The molecule has 50 heavy (non-hydrogen) atoms. The maximum Gasteiger partial charge on any atom is 0.290 e. The van der Waals surface area contributed by atoms with E-state index in [9.17, 15) is 0 Å². The fourth-order valence-corrected chi connectivity index (χ4v) is 5.19. The molecule has 12 heteroatoms. The van der Waals surface area contributed by atoms with Crippen LogP contribution in [0.25, 0.3) is 11.1 Å². The van der Waals surface area contributed by atoms with Gasteiger partial charge in [-0.05, 0) is 59.9 Å². The summed E-state index contributed by atoms with van der Waals surface area (Å²) >= 11 is 6.57. The van der Waals surface area contributed by atoms with Crippen LogP contribution in [-0.2, 0) is 29.3 Å². The Hall–Kier alpha value is -4.70. The summed E-state index contributed by atoms with van der Waals surface area (Å²) in [6.07, 6.45) is 4.05. The highest BCUT2D eigenvalue weighted by molar-refractivity contribution is 6.32. The van der Waals surface area contributed by atoms with Crippen molar-refractivity contribution in [2.45, 2.75) is 40.0 Å². The first-order valence-electron chi connectivity index (χ1n) is 16.3. The van der Waals surface area contributed by atoms with Gasteiger partial charge in [0.2, 0.25) is 0 Å². The average Bonchev–Trinajstić information content (AvgIpc) is 3.15. The molecule has 4 aromatic rings. The number of nitrogens with two attached hydrogens (primary N) is 1. The predicted molar refractivity (Wildman–Crippen MR) is 192 cm³/mol. The number of halogens is 1. The number of pyridine rings is 1. The number of morpholine rings is 1. The summed E-state index contributed by atoms with van der Waals surface area (Å²) in [5.74, 6) is 1.92. The smallest absolute Gasteiger partial charge is 0.290 e. The van der Waals surface area contributed by atoms with Crippen molar-refractivity contribution in [1.82, 2.24) is 9.88 Å². The van der Waals surface area contributed by atoms with Gasteiger partial charge >= 0.3 is 0 Å². The second-order valence-corrected chi connectivity index (χ2v) is 11.5. The quantitative estimate of drug-likeness (QED) is 0.140. The Balaban J connectivity index is 0.000000887. The number of nitrogens with zero attached hydrogens (tertiary/aromatic N) is 3. The largest absolute Gasteiger partial charge is 0.492 e. The minimum atomic E-state index is -0.250. The zero-order valence-corrected chi connectivity index (χ0v) is 29.3. The van der Waals surface area contributed by atoms with Gasteiger partial charge in [-0.2, -0.15) is 5.26 Å². The lowest BCUT2D eigenvalue weighted by molar-refractivity contribution is -0.122. The molecule has 0 spiro atoms. The van der Waals surface area contributed by atoms with Crippen molar-refractivity contribution in [2.75, 3.05) is 46.1 Å². The lowest BCUT2D eigenvalue weighted by Gasteiger charge is -2.26. The first-order chi connectivity index (χ1) is 24.4. The third kappa shape index (κ3) is 12.6. The molecule has 0 atom stereocenters. The molecular formula is C38H45ClN4O7. The van der Waals surface area contributed by atoms with Crippen LogP contribution in [0.2, 0.25) is 5.02 Å². The summed E-state index contributed by atoms with van der Waals surface area (Å²) in [5.41, 5.74) is 12.3. The van der Waals surface area contributed by atoms with E-state index in [4.69, 9.17) is 56.6 Å². The molecule has 0 unspecified atom stereocenters. The molecule has 266 valence electrons. The van der Waals surface area contributed by atoms with Crippen LogP contribution in [-0.4, -0.2) is 72.6 Å². The number of nitriles is 1. The Morgan fingerprint density at radius 3 is 2.44 bits per heavy atom. The molecule has 1 aromatic heterocycles. The number of rotatable bonds is 13. The summed E-state index contributed by atoms with van der Waals surface area (Å²) in [6, 6.07) is 21.8. The number of carbonyl (C=O) groups is 1. The summed E-state index contributed by atoms with van der Waals surface area (Å²) in [7, 11) is 0. The van der Waals surface area contributed by atoms with Crippen molar-refractivity contribution in [1.29, 1.82) is 5.26 Å². The van der Waals surface area contributed by atoms with Gasteiger partial charge in [0.25, 0.3) is 6.47 Å². The van der Waals surface area contributed by atoms with E-state index in [0.29, 0.717) is 41.9 Å². The normalized spacial score (nSPS) is 12.3. The zero-order chi connectivity index (χ0) is 36.1. The van der Waals surface area contributed by atoms with Gasteiger partial charge in [-0.3, -0.25) is 14.7 Å². The molecule has 0 aliphatic carbocycles. The molecule has 2 heterocycles. The number of aliphatic hydroxyl groups is 1. The van der Waals surface area contributed by atoms with Crippen LogP contribution in [0.15, 0.2) is 73.1 Å². The van der Waals surface area contributed by atoms with Gasteiger partial charge in [-0.1, -0.05) is 48.9 Å². The van der Waals surface area contributed by atoms with Crippen molar-refractivity contribution in [3.05, 3.63) is 106 Å². The molecular weight excluding hydrogens is 660 g/mol. The van der Waals surface area contributed by atoms with E-state index in [1.165, 1.54) is 6.20 Å². The van der Waals surface area contributed by atoms with Crippen LogP contribution in [0.5, 0.6) is 17.2 Å². The Bertz CT molecular complexity index is 1670. The third-order valence-corrected chi connectivity index (χ3v) is 7.93. The molecule has 5 rings (SSSR count). The second kappa shape index (κ2) is 22.1.